The molecule has 0 atom stereocenters. The minimum atomic E-state index is -3.71. The summed E-state index contributed by atoms with van der Waals surface area (Å²) in [6.07, 6.45) is 3.31. The van der Waals surface area contributed by atoms with Crippen LogP contribution in [0.15, 0.2) is 23.1 Å². The molecule has 1 aromatic carbocycles. The van der Waals surface area contributed by atoms with Crippen LogP contribution >= 0.6 is 0 Å². The summed E-state index contributed by atoms with van der Waals surface area (Å²) >= 11 is 0. The molecule has 0 aromatic heterocycles. The lowest BCUT2D eigenvalue weighted by Crippen LogP contribution is -2.50. The average molecular weight is 364 g/mol. The smallest absolute Gasteiger partial charge is 0.241 e. The van der Waals surface area contributed by atoms with E-state index in [4.69, 9.17) is 5.14 Å². The van der Waals surface area contributed by atoms with Crippen molar-refractivity contribution >= 4 is 21.6 Å². The molecule has 8 heteroatoms. The maximum absolute atomic E-state index is 12.7. The van der Waals surface area contributed by atoms with Crippen LogP contribution in [0.3, 0.4) is 0 Å². The largest absolute Gasteiger partial charge is 0.311 e. The van der Waals surface area contributed by atoms with Crippen molar-refractivity contribution < 1.29 is 13.2 Å². The summed E-state index contributed by atoms with van der Waals surface area (Å²) in [6.45, 7) is 5.00. The predicted octanol–water partition coefficient (Wildman–Crippen LogP) is 0.00310. The number of carbonyl (C=O) groups is 1. The van der Waals surface area contributed by atoms with Crippen molar-refractivity contribution in [2.45, 2.75) is 30.2 Å². The summed E-state index contributed by atoms with van der Waals surface area (Å²) in [5, 5.41) is 5.19. The number of primary sulfonamides is 1. The van der Waals surface area contributed by atoms with E-state index >= 15 is 0 Å². The number of hydrogen-bond acceptors (Lipinski definition) is 5. The molecule has 1 amide bonds. The molecule has 2 N–H and O–H groups in total. The third-order valence-corrected chi connectivity index (χ3v) is 6.32. The van der Waals surface area contributed by atoms with Crippen LogP contribution in [0.4, 0.5) is 5.69 Å². The van der Waals surface area contributed by atoms with Gasteiger partial charge in [-0.25, -0.2) is 13.6 Å². The number of nitrogens with zero attached hydrogens (tertiary/aromatic N) is 3. The van der Waals surface area contributed by atoms with Gasteiger partial charge in [-0.15, -0.1) is 0 Å². The van der Waals surface area contributed by atoms with Crippen molar-refractivity contribution in [1.82, 2.24) is 9.80 Å². The maximum atomic E-state index is 12.7. The van der Waals surface area contributed by atoms with Gasteiger partial charge in [0.05, 0.1) is 11.4 Å². The molecule has 0 spiro atoms. The monoisotopic (exact) mass is 364 g/mol. The lowest BCUT2D eigenvalue weighted by Gasteiger charge is -2.35. The van der Waals surface area contributed by atoms with Crippen LogP contribution in [0.5, 0.6) is 0 Å². The third kappa shape index (κ3) is 3.57. The summed E-state index contributed by atoms with van der Waals surface area (Å²) in [5.41, 5.74) is 1.69. The van der Waals surface area contributed by atoms with Crippen LogP contribution in [0, 0.1) is 0 Å². The Labute approximate surface area is 148 Å². The Morgan fingerprint density at radius 3 is 2.48 bits per heavy atom. The molecule has 1 saturated heterocycles. The van der Waals surface area contributed by atoms with Gasteiger partial charge in [0.2, 0.25) is 15.9 Å². The SMILES string of the molecule is NS(=O)(=O)c1ccc2c(c1)CCN2C(=O)CN1CCN(C2CC2)CC1. The molecule has 1 aliphatic carbocycles. The first-order valence-electron chi connectivity index (χ1n) is 8.84. The van der Waals surface area contributed by atoms with E-state index in [2.05, 4.69) is 9.80 Å². The van der Waals surface area contributed by atoms with Crippen molar-refractivity contribution in [1.29, 1.82) is 0 Å². The summed E-state index contributed by atoms with van der Waals surface area (Å²) < 4.78 is 23.0. The van der Waals surface area contributed by atoms with Gasteiger partial charge < -0.3 is 4.90 Å². The van der Waals surface area contributed by atoms with Crippen LogP contribution in [0.2, 0.25) is 0 Å². The molecule has 2 aliphatic heterocycles. The van der Waals surface area contributed by atoms with E-state index in [1.54, 1.807) is 17.0 Å². The summed E-state index contributed by atoms with van der Waals surface area (Å²) in [4.78, 5) is 19.3. The number of carbonyl (C=O) groups excluding carboxylic acids is 1. The van der Waals surface area contributed by atoms with E-state index in [1.807, 2.05) is 0 Å². The molecular weight excluding hydrogens is 340 g/mol. The van der Waals surface area contributed by atoms with Crippen LogP contribution < -0.4 is 10.0 Å². The van der Waals surface area contributed by atoms with Crippen LogP contribution in [-0.2, 0) is 21.2 Å². The molecule has 3 aliphatic rings. The first kappa shape index (κ1) is 17.0. The Hall–Kier alpha value is -1.48. The first-order valence-corrected chi connectivity index (χ1v) is 10.4. The van der Waals surface area contributed by atoms with E-state index in [0.717, 1.165) is 43.5 Å². The molecule has 2 heterocycles. The minimum absolute atomic E-state index is 0.0852. The first-order chi connectivity index (χ1) is 11.9. The number of anilines is 1. The zero-order valence-electron chi connectivity index (χ0n) is 14.2. The van der Waals surface area contributed by atoms with Crippen LogP contribution in [0.1, 0.15) is 18.4 Å². The minimum Gasteiger partial charge on any atom is -0.311 e. The summed E-state index contributed by atoms with van der Waals surface area (Å²) in [5.74, 6) is 0.0852. The zero-order valence-corrected chi connectivity index (χ0v) is 15.0. The fraction of sp³-hybridized carbons (Fsp3) is 0.588. The second-order valence-corrected chi connectivity index (χ2v) is 8.74. The van der Waals surface area contributed by atoms with E-state index in [9.17, 15) is 13.2 Å². The van der Waals surface area contributed by atoms with Gasteiger partial charge in [0.1, 0.15) is 0 Å². The highest BCUT2D eigenvalue weighted by molar-refractivity contribution is 7.89. The molecule has 1 saturated carbocycles. The third-order valence-electron chi connectivity index (χ3n) is 5.41. The average Bonchev–Trinajstić information content (AvgIpc) is 3.33. The number of sulfonamides is 1. The number of piperazine rings is 1. The lowest BCUT2D eigenvalue weighted by molar-refractivity contribution is -0.120. The fourth-order valence-electron chi connectivity index (χ4n) is 3.82. The maximum Gasteiger partial charge on any atom is 0.241 e. The highest BCUT2D eigenvalue weighted by atomic mass is 32.2. The Morgan fingerprint density at radius 2 is 1.84 bits per heavy atom. The van der Waals surface area contributed by atoms with Crippen molar-refractivity contribution in [3.8, 4) is 0 Å². The van der Waals surface area contributed by atoms with Gasteiger partial charge in [0, 0.05) is 44.5 Å². The number of hydrogen-bond donors (Lipinski definition) is 1. The van der Waals surface area contributed by atoms with Crippen molar-refractivity contribution in [2.24, 2.45) is 5.14 Å². The number of nitrogens with two attached hydrogens (primary N) is 1. The molecule has 0 bridgehead atoms. The van der Waals surface area contributed by atoms with Gasteiger partial charge in [-0.2, -0.15) is 0 Å². The number of fused-ring (bicyclic) bond motifs is 1. The highest BCUT2D eigenvalue weighted by Gasteiger charge is 2.32. The van der Waals surface area contributed by atoms with E-state index in [1.165, 1.54) is 18.9 Å². The molecular formula is C17H24N4O3S. The van der Waals surface area contributed by atoms with Gasteiger partial charge in [-0.3, -0.25) is 14.6 Å². The van der Waals surface area contributed by atoms with Crippen molar-refractivity contribution in [3.63, 3.8) is 0 Å². The molecule has 136 valence electrons. The quantitative estimate of drug-likeness (QED) is 0.813. The molecule has 2 fully saturated rings. The molecule has 0 unspecified atom stereocenters. The van der Waals surface area contributed by atoms with Crippen LogP contribution in [-0.4, -0.2) is 69.4 Å². The number of benzene rings is 1. The van der Waals surface area contributed by atoms with E-state index in [0.29, 0.717) is 19.5 Å². The Morgan fingerprint density at radius 1 is 1.12 bits per heavy atom. The predicted molar refractivity (Wildman–Crippen MR) is 94.9 cm³/mol. The molecule has 1 aromatic rings. The topological polar surface area (TPSA) is 86.9 Å². The van der Waals surface area contributed by atoms with Crippen molar-refractivity contribution in [3.05, 3.63) is 23.8 Å². The van der Waals surface area contributed by atoms with Crippen molar-refractivity contribution in [2.75, 3.05) is 44.2 Å². The van der Waals surface area contributed by atoms with Gasteiger partial charge in [0.15, 0.2) is 0 Å². The molecule has 0 radical (unpaired) electrons. The van der Waals surface area contributed by atoms with Gasteiger partial charge in [-0.1, -0.05) is 0 Å². The van der Waals surface area contributed by atoms with Gasteiger partial charge in [-0.05, 0) is 43.0 Å². The molecule has 7 nitrogen and oxygen atoms in total. The van der Waals surface area contributed by atoms with Gasteiger partial charge in [0.25, 0.3) is 0 Å². The normalized spacial score (nSPS) is 22.2. The van der Waals surface area contributed by atoms with Gasteiger partial charge >= 0.3 is 0 Å². The molecule has 4 rings (SSSR count). The summed E-state index contributed by atoms with van der Waals surface area (Å²) in [7, 11) is -3.71. The Bertz CT molecular complexity index is 783. The lowest BCUT2D eigenvalue weighted by atomic mass is 10.2. The zero-order chi connectivity index (χ0) is 17.6. The summed E-state index contributed by atoms with van der Waals surface area (Å²) in [6, 6.07) is 5.56. The Balaban J connectivity index is 1.39. The Kier molecular flexibility index (Phi) is 4.31. The highest BCUT2D eigenvalue weighted by Crippen LogP contribution is 2.30. The number of rotatable bonds is 4. The number of amides is 1. The van der Waals surface area contributed by atoms with E-state index < -0.39 is 10.0 Å². The fourth-order valence-corrected chi connectivity index (χ4v) is 4.38. The van der Waals surface area contributed by atoms with E-state index in [-0.39, 0.29) is 10.8 Å². The standard InChI is InChI=1S/C17H24N4O3S/c18-25(23,24)15-3-4-16-13(11-15)5-6-21(16)17(22)12-19-7-9-20(10-8-19)14-1-2-14/h3-4,11,14H,1-2,5-10,12H2,(H2,18,23,24). The molecule has 25 heavy (non-hydrogen) atoms. The second kappa shape index (κ2) is 6.35. The van der Waals surface area contributed by atoms with Crippen LogP contribution in [0.25, 0.3) is 0 Å². The second-order valence-electron chi connectivity index (χ2n) is 7.17.